The Morgan fingerprint density at radius 3 is 2.76 bits per heavy atom. The summed E-state index contributed by atoms with van der Waals surface area (Å²) < 4.78 is 5.53. The molecule has 1 aliphatic heterocycles. The molecule has 1 fully saturated rings. The fraction of sp³-hybridized carbons (Fsp3) is 0.562. The van der Waals surface area contributed by atoms with Crippen LogP contribution in [0, 0.1) is 0 Å². The van der Waals surface area contributed by atoms with Crippen LogP contribution in [0.3, 0.4) is 0 Å². The van der Waals surface area contributed by atoms with E-state index in [0.717, 1.165) is 31.4 Å². The second-order valence-electron chi connectivity index (χ2n) is 5.49. The molecule has 2 rings (SSSR count). The Labute approximate surface area is 133 Å². The van der Waals surface area contributed by atoms with E-state index in [0.29, 0.717) is 6.61 Å². The third-order valence-corrected chi connectivity index (χ3v) is 3.81. The second-order valence-corrected chi connectivity index (χ2v) is 5.49. The van der Waals surface area contributed by atoms with Crippen molar-refractivity contribution in [2.75, 3.05) is 13.2 Å². The van der Waals surface area contributed by atoms with Crippen molar-refractivity contribution in [1.82, 2.24) is 4.90 Å². The molecule has 1 amide bonds. The Morgan fingerprint density at radius 1 is 1.38 bits per heavy atom. The molecule has 0 bridgehead atoms. The molecule has 2 unspecified atom stereocenters. The lowest BCUT2D eigenvalue weighted by Gasteiger charge is -2.38. The van der Waals surface area contributed by atoms with Crippen molar-refractivity contribution in [3.8, 4) is 0 Å². The first-order chi connectivity index (χ1) is 9.68. The number of piperidine rings is 1. The number of likely N-dealkylation sites (tertiary alicyclic amines) is 1. The molecule has 1 aromatic carbocycles. The zero-order valence-corrected chi connectivity index (χ0v) is 13.3. The van der Waals surface area contributed by atoms with E-state index < -0.39 is 0 Å². The van der Waals surface area contributed by atoms with Gasteiger partial charge < -0.3 is 15.4 Å². The van der Waals surface area contributed by atoms with Gasteiger partial charge in [0.15, 0.2) is 0 Å². The number of halogens is 1. The summed E-state index contributed by atoms with van der Waals surface area (Å²) in [5.41, 5.74) is 7.07. The summed E-state index contributed by atoms with van der Waals surface area (Å²) in [4.78, 5) is 14.2. The quantitative estimate of drug-likeness (QED) is 0.908. The average molecular weight is 313 g/mol. The number of nitrogens with zero attached hydrogens (tertiary/aromatic N) is 1. The fourth-order valence-electron chi connectivity index (χ4n) is 2.73. The van der Waals surface area contributed by atoms with Gasteiger partial charge in [-0.2, -0.15) is 0 Å². The van der Waals surface area contributed by atoms with Crippen LogP contribution in [-0.4, -0.2) is 36.0 Å². The molecule has 2 atom stereocenters. The van der Waals surface area contributed by atoms with E-state index in [1.807, 2.05) is 42.2 Å². The van der Waals surface area contributed by atoms with Gasteiger partial charge in [0.05, 0.1) is 6.61 Å². The number of hydrogen-bond acceptors (Lipinski definition) is 3. The van der Waals surface area contributed by atoms with Crippen LogP contribution in [0.5, 0.6) is 0 Å². The largest absolute Gasteiger partial charge is 0.367 e. The summed E-state index contributed by atoms with van der Waals surface area (Å²) in [6.45, 7) is 3.39. The highest BCUT2D eigenvalue weighted by molar-refractivity contribution is 5.85. The molecule has 0 radical (unpaired) electrons. The maximum atomic E-state index is 12.2. The summed E-state index contributed by atoms with van der Waals surface area (Å²) >= 11 is 0. The number of nitrogens with two attached hydrogens (primary N) is 1. The Kier molecular flexibility index (Phi) is 7.72. The lowest BCUT2D eigenvalue weighted by molar-refractivity contribution is -0.140. The molecular formula is C16H25ClN2O2. The molecule has 1 aromatic rings. The highest BCUT2D eigenvalue weighted by Crippen LogP contribution is 2.19. The maximum Gasteiger partial charge on any atom is 0.248 e. The van der Waals surface area contributed by atoms with Gasteiger partial charge in [-0.1, -0.05) is 30.3 Å². The van der Waals surface area contributed by atoms with Crippen molar-refractivity contribution in [1.29, 1.82) is 0 Å². The van der Waals surface area contributed by atoms with E-state index in [9.17, 15) is 4.79 Å². The first-order valence-electron chi connectivity index (χ1n) is 7.35. The zero-order chi connectivity index (χ0) is 14.4. The van der Waals surface area contributed by atoms with Gasteiger partial charge >= 0.3 is 0 Å². The molecule has 118 valence electrons. The monoisotopic (exact) mass is 312 g/mol. The van der Waals surface area contributed by atoms with Gasteiger partial charge in [0.2, 0.25) is 5.91 Å². The third kappa shape index (κ3) is 5.30. The van der Waals surface area contributed by atoms with E-state index in [-0.39, 0.29) is 37.0 Å². The summed E-state index contributed by atoms with van der Waals surface area (Å²) in [6, 6.07) is 10.1. The van der Waals surface area contributed by atoms with Crippen molar-refractivity contribution in [3.05, 3.63) is 35.9 Å². The van der Waals surface area contributed by atoms with Crippen LogP contribution in [0.2, 0.25) is 0 Å². The molecule has 0 saturated carbocycles. The molecule has 0 aromatic heterocycles. The zero-order valence-electron chi connectivity index (χ0n) is 12.5. The number of carbonyl (C=O) groups excluding carboxylic acids is 1. The lowest BCUT2D eigenvalue weighted by Crippen LogP contribution is -2.52. The molecule has 4 nitrogen and oxygen atoms in total. The van der Waals surface area contributed by atoms with Crippen molar-refractivity contribution in [3.63, 3.8) is 0 Å². The van der Waals surface area contributed by atoms with Crippen LogP contribution in [-0.2, 0) is 16.1 Å². The smallest absolute Gasteiger partial charge is 0.248 e. The van der Waals surface area contributed by atoms with Crippen LogP contribution in [0.4, 0.5) is 0 Å². The Hall–Kier alpha value is -1.10. The minimum absolute atomic E-state index is 0. The van der Waals surface area contributed by atoms with Gasteiger partial charge in [-0.3, -0.25) is 4.79 Å². The molecule has 2 N–H and O–H groups in total. The maximum absolute atomic E-state index is 12.2. The standard InChI is InChI=1S/C16H24N2O2.ClH/c1-13(17)15-9-5-6-10-18(15)16(19)12-20-11-14-7-3-2-4-8-14;/h2-4,7-8,13,15H,5-6,9-12,17H2,1H3;1H. The molecular weight excluding hydrogens is 288 g/mol. The van der Waals surface area contributed by atoms with Crippen LogP contribution >= 0.6 is 12.4 Å². The Balaban J connectivity index is 0.00000220. The molecule has 0 aliphatic carbocycles. The van der Waals surface area contributed by atoms with Crippen LogP contribution in [0.25, 0.3) is 0 Å². The van der Waals surface area contributed by atoms with Gasteiger partial charge in [-0.05, 0) is 31.7 Å². The van der Waals surface area contributed by atoms with Crippen LogP contribution in [0.1, 0.15) is 31.7 Å². The number of rotatable bonds is 5. The molecule has 1 saturated heterocycles. The van der Waals surface area contributed by atoms with E-state index in [1.54, 1.807) is 0 Å². The van der Waals surface area contributed by atoms with E-state index in [4.69, 9.17) is 10.5 Å². The average Bonchev–Trinajstić information content (AvgIpc) is 2.48. The van der Waals surface area contributed by atoms with Gasteiger partial charge in [0.1, 0.15) is 6.61 Å². The minimum Gasteiger partial charge on any atom is -0.367 e. The van der Waals surface area contributed by atoms with Crippen molar-refractivity contribution in [2.24, 2.45) is 5.73 Å². The van der Waals surface area contributed by atoms with Crippen molar-refractivity contribution in [2.45, 2.75) is 44.9 Å². The fourth-order valence-corrected chi connectivity index (χ4v) is 2.73. The summed E-state index contributed by atoms with van der Waals surface area (Å²) in [5, 5.41) is 0. The van der Waals surface area contributed by atoms with Gasteiger partial charge in [0, 0.05) is 18.6 Å². The number of benzene rings is 1. The summed E-state index contributed by atoms with van der Waals surface area (Å²) in [5.74, 6) is 0.0583. The molecule has 0 spiro atoms. The highest BCUT2D eigenvalue weighted by atomic mass is 35.5. The summed E-state index contributed by atoms with van der Waals surface area (Å²) in [7, 11) is 0. The predicted octanol–water partition coefficient (Wildman–Crippen LogP) is 2.35. The topological polar surface area (TPSA) is 55.6 Å². The van der Waals surface area contributed by atoms with E-state index >= 15 is 0 Å². The minimum atomic E-state index is 0. The van der Waals surface area contributed by atoms with Crippen molar-refractivity contribution >= 4 is 18.3 Å². The summed E-state index contributed by atoms with van der Waals surface area (Å²) in [6.07, 6.45) is 3.22. The SMILES string of the molecule is CC(N)C1CCCCN1C(=O)COCc1ccccc1.Cl. The Morgan fingerprint density at radius 2 is 2.10 bits per heavy atom. The van der Waals surface area contributed by atoms with Crippen molar-refractivity contribution < 1.29 is 9.53 Å². The van der Waals surface area contributed by atoms with Crippen LogP contribution in [0.15, 0.2) is 30.3 Å². The van der Waals surface area contributed by atoms with Gasteiger partial charge in [-0.25, -0.2) is 0 Å². The molecule has 1 heterocycles. The third-order valence-electron chi connectivity index (χ3n) is 3.81. The lowest BCUT2D eigenvalue weighted by atomic mass is 9.97. The predicted molar refractivity (Wildman–Crippen MR) is 86.3 cm³/mol. The highest BCUT2D eigenvalue weighted by Gasteiger charge is 2.28. The molecule has 5 heteroatoms. The normalized spacial score (nSPS) is 19.7. The second kappa shape index (κ2) is 9.03. The van der Waals surface area contributed by atoms with E-state index in [2.05, 4.69) is 0 Å². The number of amides is 1. The molecule has 1 aliphatic rings. The van der Waals surface area contributed by atoms with E-state index in [1.165, 1.54) is 0 Å². The number of ether oxygens (including phenoxy) is 1. The molecule has 21 heavy (non-hydrogen) atoms. The first kappa shape index (κ1) is 18.0. The Bertz CT molecular complexity index is 426. The first-order valence-corrected chi connectivity index (χ1v) is 7.35. The number of hydrogen-bond donors (Lipinski definition) is 1. The van der Waals surface area contributed by atoms with Crippen LogP contribution < -0.4 is 5.73 Å². The number of carbonyl (C=O) groups is 1. The van der Waals surface area contributed by atoms with Gasteiger partial charge in [-0.15, -0.1) is 12.4 Å². The van der Waals surface area contributed by atoms with Gasteiger partial charge in [0.25, 0.3) is 0 Å².